The van der Waals surface area contributed by atoms with Gasteiger partial charge in [-0.05, 0) is 56.6 Å². The molecule has 0 unspecified atom stereocenters. The molecule has 1 fully saturated rings. The minimum Gasteiger partial charge on any atom is -0.454 e. The smallest absolute Gasteiger partial charge is 0.231 e. The first-order valence-electron chi connectivity index (χ1n) is 7.70. The fraction of sp³-hybridized carbons (Fsp3) is 0.625. The highest BCUT2D eigenvalue weighted by molar-refractivity contribution is 5.44. The maximum atomic E-state index is 5.48. The largest absolute Gasteiger partial charge is 0.454 e. The van der Waals surface area contributed by atoms with Crippen LogP contribution in [-0.4, -0.2) is 37.4 Å². The van der Waals surface area contributed by atoms with E-state index in [2.05, 4.69) is 29.3 Å². The van der Waals surface area contributed by atoms with E-state index in [0.29, 0.717) is 12.8 Å². The van der Waals surface area contributed by atoms with E-state index >= 15 is 0 Å². The molecule has 4 nitrogen and oxygen atoms in total. The fourth-order valence-electron chi connectivity index (χ4n) is 3.12. The maximum Gasteiger partial charge on any atom is 0.231 e. The number of benzene rings is 1. The van der Waals surface area contributed by atoms with Crippen molar-refractivity contribution in [3.8, 4) is 11.5 Å². The van der Waals surface area contributed by atoms with E-state index in [0.717, 1.165) is 31.1 Å². The Kier molecular flexibility index (Phi) is 4.43. The summed E-state index contributed by atoms with van der Waals surface area (Å²) in [6, 6.07) is 7.04. The van der Waals surface area contributed by atoms with Crippen LogP contribution in [0, 0.1) is 0 Å². The molecular weight excluding hydrogens is 252 g/mol. The summed E-state index contributed by atoms with van der Waals surface area (Å²) in [5.74, 6) is 1.77. The van der Waals surface area contributed by atoms with Crippen LogP contribution in [0.4, 0.5) is 0 Å². The van der Waals surface area contributed by atoms with Crippen LogP contribution in [0.3, 0.4) is 0 Å². The van der Waals surface area contributed by atoms with Gasteiger partial charge in [-0.3, -0.25) is 4.90 Å². The van der Waals surface area contributed by atoms with Crippen LogP contribution in [0.25, 0.3) is 0 Å². The molecule has 2 aliphatic heterocycles. The van der Waals surface area contributed by atoms with E-state index in [9.17, 15) is 0 Å². The lowest BCUT2D eigenvalue weighted by Gasteiger charge is -2.34. The number of hydrogen-bond acceptors (Lipinski definition) is 4. The van der Waals surface area contributed by atoms with E-state index in [1.807, 2.05) is 6.07 Å². The van der Waals surface area contributed by atoms with Gasteiger partial charge in [0.15, 0.2) is 11.5 Å². The van der Waals surface area contributed by atoms with Crippen LogP contribution in [0.1, 0.15) is 31.7 Å². The maximum absolute atomic E-state index is 5.48. The summed E-state index contributed by atoms with van der Waals surface area (Å²) in [5.41, 5.74) is 1.32. The first kappa shape index (κ1) is 13.7. The van der Waals surface area contributed by atoms with Gasteiger partial charge >= 0.3 is 0 Å². The zero-order chi connectivity index (χ0) is 13.8. The molecule has 2 aliphatic rings. The number of ether oxygens (including phenoxy) is 2. The van der Waals surface area contributed by atoms with Gasteiger partial charge in [-0.15, -0.1) is 0 Å². The van der Waals surface area contributed by atoms with Crippen molar-refractivity contribution in [3.05, 3.63) is 23.8 Å². The molecule has 0 aliphatic carbocycles. The van der Waals surface area contributed by atoms with E-state index in [1.54, 1.807) is 0 Å². The molecule has 20 heavy (non-hydrogen) atoms. The first-order chi connectivity index (χ1) is 9.86. The van der Waals surface area contributed by atoms with Crippen LogP contribution >= 0.6 is 0 Å². The van der Waals surface area contributed by atoms with Crippen molar-refractivity contribution >= 4 is 0 Å². The van der Waals surface area contributed by atoms with Crippen molar-refractivity contribution in [1.29, 1.82) is 0 Å². The van der Waals surface area contributed by atoms with Crippen molar-refractivity contribution in [2.45, 2.75) is 38.8 Å². The topological polar surface area (TPSA) is 33.7 Å². The minimum absolute atomic E-state index is 0.353. The highest BCUT2D eigenvalue weighted by atomic mass is 16.7. The van der Waals surface area contributed by atoms with Gasteiger partial charge in [-0.25, -0.2) is 0 Å². The van der Waals surface area contributed by atoms with Crippen molar-refractivity contribution in [3.63, 3.8) is 0 Å². The Hall–Kier alpha value is -1.26. The molecule has 0 amide bonds. The van der Waals surface area contributed by atoms with E-state index < -0.39 is 0 Å². The lowest BCUT2D eigenvalue weighted by atomic mass is 10.0. The number of nitrogens with zero attached hydrogens (tertiary/aromatic N) is 1. The van der Waals surface area contributed by atoms with Gasteiger partial charge in [-0.1, -0.05) is 13.0 Å². The SMILES string of the molecule is CCCN(Cc1ccc2c(c1)OCO2)C1CCNCC1. The summed E-state index contributed by atoms with van der Waals surface area (Å²) in [7, 11) is 0. The first-order valence-corrected chi connectivity index (χ1v) is 7.70. The molecule has 110 valence electrons. The normalized spacial score (nSPS) is 18.7. The van der Waals surface area contributed by atoms with Crippen LogP contribution in [0.15, 0.2) is 18.2 Å². The zero-order valence-electron chi connectivity index (χ0n) is 12.2. The summed E-state index contributed by atoms with van der Waals surface area (Å²) in [5, 5.41) is 3.45. The number of nitrogens with one attached hydrogen (secondary N) is 1. The van der Waals surface area contributed by atoms with Gasteiger partial charge in [0.05, 0.1) is 0 Å². The fourth-order valence-corrected chi connectivity index (χ4v) is 3.12. The Balaban J connectivity index is 1.68. The summed E-state index contributed by atoms with van der Waals surface area (Å²) in [6.45, 7) is 7.08. The predicted molar refractivity (Wildman–Crippen MR) is 79.2 cm³/mol. The number of fused-ring (bicyclic) bond motifs is 1. The Morgan fingerprint density at radius 3 is 2.80 bits per heavy atom. The van der Waals surface area contributed by atoms with Crippen LogP contribution < -0.4 is 14.8 Å². The average molecular weight is 276 g/mol. The minimum atomic E-state index is 0.353. The van der Waals surface area contributed by atoms with Crippen LogP contribution in [-0.2, 0) is 6.54 Å². The molecule has 1 aromatic carbocycles. The molecule has 4 heteroatoms. The molecule has 0 spiro atoms. The van der Waals surface area contributed by atoms with Gasteiger partial charge in [0.2, 0.25) is 6.79 Å². The monoisotopic (exact) mass is 276 g/mol. The predicted octanol–water partition coefficient (Wildman–Crippen LogP) is 2.38. The van der Waals surface area contributed by atoms with Crippen molar-refractivity contribution in [2.24, 2.45) is 0 Å². The highest BCUT2D eigenvalue weighted by Crippen LogP contribution is 2.33. The highest BCUT2D eigenvalue weighted by Gasteiger charge is 2.21. The Morgan fingerprint density at radius 2 is 2.00 bits per heavy atom. The number of rotatable bonds is 5. The van der Waals surface area contributed by atoms with Crippen molar-refractivity contribution in [1.82, 2.24) is 10.2 Å². The lowest BCUT2D eigenvalue weighted by molar-refractivity contribution is 0.154. The second-order valence-corrected chi connectivity index (χ2v) is 5.64. The number of hydrogen-bond donors (Lipinski definition) is 1. The third-order valence-electron chi connectivity index (χ3n) is 4.16. The summed E-state index contributed by atoms with van der Waals surface area (Å²) in [4.78, 5) is 2.62. The van der Waals surface area contributed by atoms with Gasteiger partial charge in [-0.2, -0.15) is 0 Å². The molecule has 2 heterocycles. The third-order valence-corrected chi connectivity index (χ3v) is 4.16. The molecule has 0 radical (unpaired) electrons. The quantitative estimate of drug-likeness (QED) is 0.895. The van der Waals surface area contributed by atoms with Crippen LogP contribution in [0.2, 0.25) is 0 Å². The Morgan fingerprint density at radius 1 is 1.20 bits per heavy atom. The molecule has 0 bridgehead atoms. The second-order valence-electron chi connectivity index (χ2n) is 5.64. The van der Waals surface area contributed by atoms with Gasteiger partial charge < -0.3 is 14.8 Å². The molecule has 3 rings (SSSR count). The van der Waals surface area contributed by atoms with E-state index in [1.165, 1.54) is 31.4 Å². The molecule has 0 aromatic heterocycles. The Labute approximate surface area is 121 Å². The van der Waals surface area contributed by atoms with Crippen molar-refractivity contribution in [2.75, 3.05) is 26.4 Å². The Bertz CT molecular complexity index is 444. The molecule has 0 saturated carbocycles. The molecule has 1 N–H and O–H groups in total. The third kappa shape index (κ3) is 3.07. The lowest BCUT2D eigenvalue weighted by Crippen LogP contribution is -2.43. The van der Waals surface area contributed by atoms with Crippen LogP contribution in [0.5, 0.6) is 11.5 Å². The summed E-state index contributed by atoms with van der Waals surface area (Å²) >= 11 is 0. The number of piperidine rings is 1. The summed E-state index contributed by atoms with van der Waals surface area (Å²) in [6.07, 6.45) is 3.71. The zero-order valence-corrected chi connectivity index (χ0v) is 12.2. The van der Waals surface area contributed by atoms with Gasteiger partial charge in [0, 0.05) is 12.6 Å². The van der Waals surface area contributed by atoms with E-state index in [-0.39, 0.29) is 0 Å². The standard InChI is InChI=1S/C16H24N2O2/c1-2-9-18(14-5-7-17-8-6-14)11-13-3-4-15-16(10-13)20-12-19-15/h3-4,10,14,17H,2,5-9,11-12H2,1H3. The molecule has 0 atom stereocenters. The second kappa shape index (κ2) is 6.46. The van der Waals surface area contributed by atoms with Gasteiger partial charge in [0.1, 0.15) is 0 Å². The molecule has 1 aromatic rings. The molecule has 1 saturated heterocycles. The van der Waals surface area contributed by atoms with Gasteiger partial charge in [0.25, 0.3) is 0 Å². The molecular formula is C16H24N2O2. The average Bonchev–Trinajstić information content (AvgIpc) is 2.95. The van der Waals surface area contributed by atoms with Crippen molar-refractivity contribution < 1.29 is 9.47 Å². The van der Waals surface area contributed by atoms with E-state index in [4.69, 9.17) is 9.47 Å². The summed E-state index contributed by atoms with van der Waals surface area (Å²) < 4.78 is 10.9.